The summed E-state index contributed by atoms with van der Waals surface area (Å²) < 4.78 is 34.3. The maximum atomic E-state index is 6.02. The van der Waals surface area contributed by atoms with Crippen LogP contribution in [0.1, 0.15) is 22.8 Å². The largest absolute Gasteiger partial charge is 0.492 e. The minimum Gasteiger partial charge on any atom is -0.492 e. The summed E-state index contributed by atoms with van der Waals surface area (Å²) in [7, 11) is 3.30. The average molecular weight is 773 g/mol. The van der Waals surface area contributed by atoms with Crippen LogP contribution >= 0.6 is 0 Å². The van der Waals surface area contributed by atoms with Gasteiger partial charge in [-0.05, 0) is 127 Å². The summed E-state index contributed by atoms with van der Waals surface area (Å²) in [6.07, 6.45) is 0.970. The molecule has 0 saturated carbocycles. The van der Waals surface area contributed by atoms with Gasteiger partial charge in [-0.3, -0.25) is 0 Å². The lowest BCUT2D eigenvalue weighted by Gasteiger charge is -2.11. The monoisotopic (exact) mass is 772 g/mol. The van der Waals surface area contributed by atoms with E-state index in [0.29, 0.717) is 58.9 Å². The van der Waals surface area contributed by atoms with Crippen LogP contribution in [0.25, 0.3) is 33.9 Å². The molecule has 8 aromatic rings. The van der Waals surface area contributed by atoms with Crippen LogP contribution in [0.4, 0.5) is 0 Å². The summed E-state index contributed by atoms with van der Waals surface area (Å²) in [6.45, 7) is 0.431. The zero-order valence-corrected chi connectivity index (χ0v) is 31.6. The number of hydrogen-bond donors (Lipinski definition) is 0. The van der Waals surface area contributed by atoms with Gasteiger partial charge in [-0.25, -0.2) is 0 Å². The first-order valence-corrected chi connectivity index (χ1v) is 18.6. The molecule has 10 rings (SSSR count). The standard InChI is InChI=1S/C44H36N8O6/c1-53-39-25-31(15-17-35(39)51-47-43(45-49(51)33-9-5-3-6-10-33)23-29-13-19-37-41(21-29)57-27-55-37)32-16-18-36(40(26-32)54-2)52-48-44(46-50(52)34-11-7-4-8-12-34)24-30-14-20-38-42(22-30)58-28-56-38/h3-22,25-26H,23-24,27-28H2,1-2H3/q+2. The quantitative estimate of drug-likeness (QED) is 0.151. The molecule has 6 aromatic carbocycles. The number of methoxy groups -OCH3 is 2. The SMILES string of the molecule is COc1cc(-c2ccc(-[n+]3nc(Cc4ccc5c(c4)OCO5)nn3-c3ccccc3)c(OC)c2)ccc1-[n+]1nc(Cc2ccc3c(c2)OCO3)nn1-c1ccccc1. The van der Waals surface area contributed by atoms with E-state index in [0.717, 1.165) is 45.1 Å². The maximum absolute atomic E-state index is 6.02. The molecule has 2 aromatic heterocycles. The van der Waals surface area contributed by atoms with Crippen molar-refractivity contribution in [1.82, 2.24) is 30.0 Å². The lowest BCUT2D eigenvalue weighted by molar-refractivity contribution is -0.735. The highest BCUT2D eigenvalue weighted by Gasteiger charge is 2.28. The maximum Gasteiger partial charge on any atom is 0.313 e. The zero-order valence-electron chi connectivity index (χ0n) is 31.6. The van der Waals surface area contributed by atoms with Gasteiger partial charge in [0.1, 0.15) is 11.4 Å². The van der Waals surface area contributed by atoms with Crippen molar-refractivity contribution in [3.63, 3.8) is 0 Å². The Balaban J connectivity index is 0.992. The van der Waals surface area contributed by atoms with E-state index in [4.69, 9.17) is 48.8 Å². The number of aromatic nitrogens is 8. The lowest BCUT2D eigenvalue weighted by atomic mass is 10.0. The number of para-hydroxylation sites is 2. The Hall–Kier alpha value is -7.74. The van der Waals surface area contributed by atoms with E-state index in [1.807, 2.05) is 133 Å². The molecule has 0 bridgehead atoms. The van der Waals surface area contributed by atoms with Crippen LogP contribution in [-0.2, 0) is 12.8 Å². The summed E-state index contributed by atoms with van der Waals surface area (Å²) >= 11 is 0. The van der Waals surface area contributed by atoms with Gasteiger partial charge >= 0.3 is 11.6 Å². The second-order valence-electron chi connectivity index (χ2n) is 13.6. The summed E-state index contributed by atoms with van der Waals surface area (Å²) in [5.41, 5.74) is 6.95. The summed E-state index contributed by atoms with van der Waals surface area (Å²) in [4.78, 5) is 7.08. The van der Waals surface area contributed by atoms with E-state index in [9.17, 15) is 0 Å². The molecule has 0 fully saturated rings. The van der Waals surface area contributed by atoms with E-state index in [-0.39, 0.29) is 13.6 Å². The predicted octanol–water partition coefficient (Wildman–Crippen LogP) is 5.72. The average Bonchev–Trinajstić information content (AvgIpc) is 4.11. The highest BCUT2D eigenvalue weighted by Crippen LogP contribution is 2.35. The van der Waals surface area contributed by atoms with Gasteiger partial charge in [0.25, 0.3) is 0 Å². The van der Waals surface area contributed by atoms with E-state index in [2.05, 4.69) is 0 Å². The zero-order chi connectivity index (χ0) is 39.0. The summed E-state index contributed by atoms with van der Waals surface area (Å²) in [6, 6.07) is 43.5. The molecule has 0 atom stereocenters. The third-order valence-corrected chi connectivity index (χ3v) is 9.90. The van der Waals surface area contributed by atoms with Crippen LogP contribution in [0.5, 0.6) is 34.5 Å². The van der Waals surface area contributed by atoms with Crippen LogP contribution in [-0.4, -0.2) is 57.8 Å². The molecular weight excluding hydrogens is 737 g/mol. The first-order valence-electron chi connectivity index (χ1n) is 18.6. The van der Waals surface area contributed by atoms with Gasteiger partial charge in [-0.15, -0.1) is 0 Å². The van der Waals surface area contributed by atoms with Crippen LogP contribution < -0.4 is 38.0 Å². The van der Waals surface area contributed by atoms with Crippen molar-refractivity contribution in [3.8, 4) is 68.4 Å². The Bertz CT molecular complexity index is 2600. The fourth-order valence-corrected chi connectivity index (χ4v) is 7.07. The molecule has 2 aliphatic rings. The van der Waals surface area contributed by atoms with Crippen molar-refractivity contribution >= 4 is 0 Å². The first kappa shape index (κ1) is 34.7. The second kappa shape index (κ2) is 14.7. The number of fused-ring (bicyclic) bond motifs is 2. The fraction of sp³-hybridized carbons (Fsp3) is 0.136. The number of tetrazole rings is 2. The normalized spacial score (nSPS) is 12.5. The molecule has 4 heterocycles. The third kappa shape index (κ3) is 6.55. The van der Waals surface area contributed by atoms with Crippen molar-refractivity contribution in [2.75, 3.05) is 27.8 Å². The van der Waals surface area contributed by atoms with Gasteiger partial charge < -0.3 is 28.4 Å². The van der Waals surface area contributed by atoms with Gasteiger partial charge in [0, 0.05) is 9.59 Å². The summed E-state index contributed by atoms with van der Waals surface area (Å²) in [5.74, 6) is 5.35. The molecule has 0 saturated heterocycles. The molecule has 14 nitrogen and oxygen atoms in total. The molecule has 0 N–H and O–H groups in total. The molecule has 0 aliphatic carbocycles. The number of nitrogens with zero attached hydrogens (tertiary/aromatic N) is 8. The van der Waals surface area contributed by atoms with Crippen molar-refractivity contribution in [2.45, 2.75) is 12.8 Å². The molecule has 14 heteroatoms. The Kier molecular flexibility index (Phi) is 8.82. The van der Waals surface area contributed by atoms with Gasteiger partial charge in [0.15, 0.2) is 34.5 Å². The van der Waals surface area contributed by atoms with Gasteiger partial charge in [0.2, 0.25) is 25.0 Å². The second-order valence-corrected chi connectivity index (χ2v) is 13.6. The van der Waals surface area contributed by atoms with E-state index < -0.39 is 0 Å². The van der Waals surface area contributed by atoms with Crippen molar-refractivity contribution in [2.24, 2.45) is 0 Å². The molecule has 58 heavy (non-hydrogen) atoms. The topological polar surface area (TPSA) is 125 Å². The molecule has 0 amide bonds. The molecule has 286 valence electrons. The molecule has 0 radical (unpaired) electrons. The van der Waals surface area contributed by atoms with Crippen molar-refractivity contribution < 1.29 is 38.0 Å². The fourth-order valence-electron chi connectivity index (χ4n) is 7.07. The first-order chi connectivity index (χ1) is 28.6. The van der Waals surface area contributed by atoms with Crippen LogP contribution in [0.2, 0.25) is 0 Å². The molecule has 2 aliphatic heterocycles. The Morgan fingerprint density at radius 3 is 1.36 bits per heavy atom. The lowest BCUT2D eigenvalue weighted by Crippen LogP contribution is -2.43. The summed E-state index contributed by atoms with van der Waals surface area (Å²) in [5, 5.41) is 19.8. The van der Waals surface area contributed by atoms with Gasteiger partial charge in [-0.1, -0.05) is 48.5 Å². The van der Waals surface area contributed by atoms with E-state index in [1.54, 1.807) is 33.4 Å². The van der Waals surface area contributed by atoms with E-state index in [1.165, 1.54) is 0 Å². The molecular formula is C44H36N8O6+2. The van der Waals surface area contributed by atoms with Crippen LogP contribution in [0.3, 0.4) is 0 Å². The smallest absolute Gasteiger partial charge is 0.313 e. The Labute approximate surface area is 332 Å². The highest BCUT2D eigenvalue weighted by atomic mass is 16.7. The minimum absolute atomic E-state index is 0.216. The number of benzene rings is 6. The number of hydrogen-bond acceptors (Lipinski definition) is 10. The molecule has 0 unspecified atom stereocenters. The minimum atomic E-state index is 0.216. The predicted molar refractivity (Wildman–Crippen MR) is 209 cm³/mol. The number of rotatable bonds is 11. The van der Waals surface area contributed by atoms with Crippen LogP contribution in [0.15, 0.2) is 133 Å². The van der Waals surface area contributed by atoms with Crippen LogP contribution in [0, 0.1) is 0 Å². The molecule has 0 spiro atoms. The van der Waals surface area contributed by atoms with Gasteiger partial charge in [0.05, 0.1) is 37.3 Å². The highest BCUT2D eigenvalue weighted by molar-refractivity contribution is 5.70. The van der Waals surface area contributed by atoms with Crippen molar-refractivity contribution in [3.05, 3.63) is 156 Å². The Morgan fingerprint density at radius 2 is 0.931 bits per heavy atom. The third-order valence-electron chi connectivity index (χ3n) is 9.90. The van der Waals surface area contributed by atoms with Gasteiger partial charge in [-0.2, -0.15) is 0 Å². The number of ether oxygens (including phenoxy) is 6. The Morgan fingerprint density at radius 1 is 0.500 bits per heavy atom. The van der Waals surface area contributed by atoms with Crippen molar-refractivity contribution in [1.29, 1.82) is 0 Å². The van der Waals surface area contributed by atoms with E-state index >= 15 is 0 Å².